The summed E-state index contributed by atoms with van der Waals surface area (Å²) in [7, 11) is 0. The van der Waals surface area contributed by atoms with Gasteiger partial charge < -0.3 is 20.7 Å². The molecule has 1 aromatic carbocycles. The van der Waals surface area contributed by atoms with Gasteiger partial charge in [0.25, 0.3) is 11.8 Å². The van der Waals surface area contributed by atoms with Crippen LogP contribution >= 0.6 is 0 Å². The van der Waals surface area contributed by atoms with Crippen molar-refractivity contribution in [1.29, 1.82) is 0 Å². The molecule has 0 aliphatic carbocycles. The highest BCUT2D eigenvalue weighted by Crippen LogP contribution is 2.24. The molecule has 29 heavy (non-hydrogen) atoms. The van der Waals surface area contributed by atoms with E-state index in [4.69, 9.17) is 10.5 Å². The number of rotatable bonds is 7. The van der Waals surface area contributed by atoms with Crippen LogP contribution in [0.25, 0.3) is 0 Å². The number of primary amides is 1. The Morgan fingerprint density at radius 3 is 2.59 bits per heavy atom. The van der Waals surface area contributed by atoms with E-state index in [9.17, 15) is 31.9 Å². The first-order valence-corrected chi connectivity index (χ1v) is 8.62. The molecule has 0 radical (unpaired) electrons. The standard InChI is InChI=1S/C17H20F4N4O4/c1-2-24(9-17(19,20)21)14(15(22)27)16(28)23-12-4-3-10(7-11(12)18)25-5-6-29-8-13(25)26/h3-4,7,14H,2,5-6,8-9H2,1H3,(H2,22,27)(H,23,28)/t14-/m1/s1. The molecule has 1 aliphatic rings. The van der Waals surface area contributed by atoms with Crippen molar-refractivity contribution in [1.82, 2.24) is 4.90 Å². The van der Waals surface area contributed by atoms with Gasteiger partial charge in [-0.2, -0.15) is 13.2 Å². The van der Waals surface area contributed by atoms with Gasteiger partial charge in [-0.05, 0) is 24.7 Å². The molecule has 2 rings (SSSR count). The molecule has 0 saturated carbocycles. The molecule has 1 aromatic rings. The first-order valence-electron chi connectivity index (χ1n) is 8.62. The number of carbonyl (C=O) groups excluding carboxylic acids is 3. The van der Waals surface area contributed by atoms with E-state index >= 15 is 0 Å². The predicted octanol–water partition coefficient (Wildman–Crippen LogP) is 0.865. The van der Waals surface area contributed by atoms with E-state index in [0.29, 0.717) is 4.90 Å². The summed E-state index contributed by atoms with van der Waals surface area (Å²) in [5.41, 5.74) is 4.97. The SMILES string of the molecule is CCN(CC(F)(F)F)[C@H](C(N)=O)C(=O)Nc1ccc(N2CCOCC2=O)cc1F. The smallest absolute Gasteiger partial charge is 0.370 e. The molecule has 3 N–H and O–H groups in total. The first kappa shape index (κ1) is 22.6. The molecule has 12 heteroatoms. The molecule has 3 amide bonds. The molecule has 1 heterocycles. The highest BCUT2D eigenvalue weighted by atomic mass is 19.4. The molecule has 1 aliphatic heterocycles. The number of nitrogens with zero attached hydrogens (tertiary/aromatic N) is 2. The number of anilines is 2. The second-order valence-electron chi connectivity index (χ2n) is 6.23. The van der Waals surface area contributed by atoms with Gasteiger partial charge in [-0.1, -0.05) is 6.92 Å². The topological polar surface area (TPSA) is 105 Å². The number of halogens is 4. The zero-order valence-electron chi connectivity index (χ0n) is 15.5. The van der Waals surface area contributed by atoms with Gasteiger partial charge in [0, 0.05) is 12.2 Å². The molecule has 0 bridgehead atoms. The lowest BCUT2D eigenvalue weighted by molar-refractivity contribution is -0.156. The predicted molar refractivity (Wildman–Crippen MR) is 94.5 cm³/mol. The van der Waals surface area contributed by atoms with Gasteiger partial charge in [0.05, 0.1) is 18.8 Å². The Kier molecular flexibility index (Phi) is 7.14. The largest absolute Gasteiger partial charge is 0.401 e. The average Bonchev–Trinajstić information content (AvgIpc) is 2.62. The maximum absolute atomic E-state index is 14.4. The van der Waals surface area contributed by atoms with Gasteiger partial charge in [-0.15, -0.1) is 0 Å². The third-order valence-corrected chi connectivity index (χ3v) is 4.18. The van der Waals surface area contributed by atoms with Gasteiger partial charge >= 0.3 is 6.18 Å². The van der Waals surface area contributed by atoms with Crippen LogP contribution in [0.3, 0.4) is 0 Å². The van der Waals surface area contributed by atoms with E-state index in [2.05, 4.69) is 5.32 Å². The van der Waals surface area contributed by atoms with Crippen molar-refractivity contribution in [3.8, 4) is 0 Å². The number of carbonyl (C=O) groups is 3. The monoisotopic (exact) mass is 420 g/mol. The molecule has 160 valence electrons. The highest BCUT2D eigenvalue weighted by molar-refractivity contribution is 6.09. The van der Waals surface area contributed by atoms with E-state index in [1.165, 1.54) is 17.9 Å². The van der Waals surface area contributed by atoms with Crippen molar-refractivity contribution >= 4 is 29.1 Å². The number of morpholine rings is 1. The van der Waals surface area contributed by atoms with E-state index < -0.39 is 36.4 Å². The molecule has 8 nitrogen and oxygen atoms in total. The minimum atomic E-state index is -4.67. The van der Waals surface area contributed by atoms with Crippen molar-refractivity contribution in [3.63, 3.8) is 0 Å². The minimum Gasteiger partial charge on any atom is -0.370 e. The molecule has 1 atom stereocenters. The Labute approximate surface area is 163 Å². The summed E-state index contributed by atoms with van der Waals surface area (Å²) < 4.78 is 57.5. The third-order valence-electron chi connectivity index (χ3n) is 4.18. The number of amides is 3. The van der Waals surface area contributed by atoms with Crippen molar-refractivity contribution in [2.75, 3.05) is 43.1 Å². The number of nitrogens with two attached hydrogens (primary N) is 1. The first-order chi connectivity index (χ1) is 13.5. The zero-order valence-corrected chi connectivity index (χ0v) is 15.5. The van der Waals surface area contributed by atoms with Gasteiger partial charge in [-0.25, -0.2) is 4.39 Å². The average molecular weight is 420 g/mol. The summed E-state index contributed by atoms with van der Waals surface area (Å²) in [6.07, 6.45) is -4.67. The quantitative estimate of drug-likeness (QED) is 0.503. The molecule has 0 spiro atoms. The number of benzene rings is 1. The van der Waals surface area contributed by atoms with Crippen LogP contribution in [0.2, 0.25) is 0 Å². The van der Waals surface area contributed by atoms with Crippen molar-refractivity contribution in [2.45, 2.75) is 19.1 Å². The second-order valence-corrected chi connectivity index (χ2v) is 6.23. The Morgan fingerprint density at radius 2 is 2.07 bits per heavy atom. The molecule has 1 fully saturated rings. The van der Waals surface area contributed by atoms with Crippen LogP contribution in [0, 0.1) is 5.82 Å². The van der Waals surface area contributed by atoms with Gasteiger partial charge in [0.2, 0.25) is 5.91 Å². The summed E-state index contributed by atoms with van der Waals surface area (Å²) >= 11 is 0. The van der Waals surface area contributed by atoms with Crippen LogP contribution < -0.4 is 16.0 Å². The fraction of sp³-hybridized carbons (Fsp3) is 0.471. The number of ether oxygens (including phenoxy) is 1. The Bertz CT molecular complexity index is 787. The lowest BCUT2D eigenvalue weighted by Gasteiger charge is -2.28. The van der Waals surface area contributed by atoms with E-state index in [-0.39, 0.29) is 43.6 Å². The van der Waals surface area contributed by atoms with Crippen molar-refractivity contribution in [2.24, 2.45) is 5.73 Å². The molecule has 0 aromatic heterocycles. The highest BCUT2D eigenvalue weighted by Gasteiger charge is 2.38. The van der Waals surface area contributed by atoms with Crippen LogP contribution in [0.4, 0.5) is 28.9 Å². The molecule has 1 saturated heterocycles. The Hall–Kier alpha value is -2.73. The Balaban J connectivity index is 2.19. The summed E-state index contributed by atoms with van der Waals surface area (Å²) in [6.45, 7) is -0.156. The minimum absolute atomic E-state index is 0.146. The number of hydrogen-bond acceptors (Lipinski definition) is 5. The van der Waals surface area contributed by atoms with E-state index in [1.807, 2.05) is 0 Å². The lowest BCUT2D eigenvalue weighted by atomic mass is 10.2. The van der Waals surface area contributed by atoms with Crippen LogP contribution in [-0.4, -0.2) is 67.7 Å². The van der Waals surface area contributed by atoms with Crippen LogP contribution in [0.5, 0.6) is 0 Å². The van der Waals surface area contributed by atoms with E-state index in [0.717, 1.165) is 12.1 Å². The lowest BCUT2D eigenvalue weighted by Crippen LogP contribution is -2.54. The molecular weight excluding hydrogens is 400 g/mol. The van der Waals surface area contributed by atoms with E-state index in [1.54, 1.807) is 0 Å². The molecule has 0 unspecified atom stereocenters. The third kappa shape index (κ3) is 5.87. The number of alkyl halides is 3. The maximum Gasteiger partial charge on any atom is 0.401 e. The second kappa shape index (κ2) is 9.18. The van der Waals surface area contributed by atoms with Crippen molar-refractivity contribution < 1.29 is 36.7 Å². The van der Waals surface area contributed by atoms with Crippen molar-refractivity contribution in [3.05, 3.63) is 24.0 Å². The van der Waals surface area contributed by atoms with Crippen LogP contribution in [0.15, 0.2) is 18.2 Å². The fourth-order valence-corrected chi connectivity index (χ4v) is 2.86. The Morgan fingerprint density at radius 1 is 1.38 bits per heavy atom. The summed E-state index contributed by atoms with van der Waals surface area (Å²) in [5.74, 6) is -3.80. The summed E-state index contributed by atoms with van der Waals surface area (Å²) in [6, 6.07) is 1.55. The zero-order chi connectivity index (χ0) is 21.8. The molecular formula is C17H20F4N4O4. The van der Waals surface area contributed by atoms with Gasteiger partial charge in [0.15, 0.2) is 6.04 Å². The van der Waals surface area contributed by atoms with Crippen LogP contribution in [0.1, 0.15) is 6.92 Å². The van der Waals surface area contributed by atoms with Crippen LogP contribution in [-0.2, 0) is 19.1 Å². The maximum atomic E-state index is 14.4. The normalized spacial score (nSPS) is 16.1. The fourth-order valence-electron chi connectivity index (χ4n) is 2.86. The number of hydrogen-bond donors (Lipinski definition) is 2. The summed E-state index contributed by atoms with van der Waals surface area (Å²) in [4.78, 5) is 37.6. The number of nitrogens with one attached hydrogen (secondary N) is 1. The van der Waals surface area contributed by atoms with Gasteiger partial charge in [0.1, 0.15) is 12.4 Å². The summed E-state index contributed by atoms with van der Waals surface area (Å²) in [5, 5.41) is 2.08. The number of likely N-dealkylation sites (N-methyl/N-ethyl adjacent to an activating group) is 1. The van der Waals surface area contributed by atoms with Gasteiger partial charge in [-0.3, -0.25) is 19.3 Å².